The summed E-state index contributed by atoms with van der Waals surface area (Å²) in [5, 5.41) is 3.59. The van der Waals surface area contributed by atoms with Crippen molar-refractivity contribution < 1.29 is 4.74 Å². The zero-order valence-corrected chi connectivity index (χ0v) is 13.4. The molecule has 0 radical (unpaired) electrons. The molecule has 1 saturated carbocycles. The molecule has 0 heterocycles. The Morgan fingerprint density at radius 3 is 2.45 bits per heavy atom. The minimum atomic E-state index is 0.367. The Balaban J connectivity index is 1.97. The lowest BCUT2D eigenvalue weighted by atomic mass is 9.93. The second kappa shape index (κ2) is 6.62. The first-order valence-electron chi connectivity index (χ1n) is 8.02. The third-order valence-corrected chi connectivity index (χ3v) is 4.33. The molecule has 2 atom stereocenters. The monoisotopic (exact) mass is 275 g/mol. The van der Waals surface area contributed by atoms with Gasteiger partial charge in [-0.05, 0) is 48.9 Å². The average molecular weight is 275 g/mol. The van der Waals surface area contributed by atoms with E-state index in [4.69, 9.17) is 4.74 Å². The number of rotatable bonds is 8. The van der Waals surface area contributed by atoms with Crippen molar-refractivity contribution in [3.63, 3.8) is 0 Å². The molecule has 2 heteroatoms. The summed E-state index contributed by atoms with van der Waals surface area (Å²) < 4.78 is 5.77. The largest absolute Gasteiger partial charge is 0.493 e. The highest BCUT2D eigenvalue weighted by molar-refractivity contribution is 5.38. The van der Waals surface area contributed by atoms with Gasteiger partial charge in [0.2, 0.25) is 0 Å². The van der Waals surface area contributed by atoms with Crippen LogP contribution in [0.4, 0.5) is 0 Å². The molecule has 2 nitrogen and oxygen atoms in total. The molecule has 20 heavy (non-hydrogen) atoms. The van der Waals surface area contributed by atoms with Crippen molar-refractivity contribution in [2.75, 3.05) is 19.7 Å². The lowest BCUT2D eigenvalue weighted by molar-refractivity contribution is 0.271. The van der Waals surface area contributed by atoms with E-state index in [1.807, 2.05) is 0 Å². The molecular formula is C18H29NO. The quantitative estimate of drug-likeness (QED) is 0.724. The van der Waals surface area contributed by atoms with Crippen molar-refractivity contribution in [3.05, 3.63) is 29.8 Å². The Morgan fingerprint density at radius 2 is 1.95 bits per heavy atom. The fourth-order valence-corrected chi connectivity index (χ4v) is 2.87. The SMILES string of the molecule is CCCNCC1(c2ccc(OCC(C)C)cc2)CC1C. The molecule has 0 amide bonds. The Morgan fingerprint density at radius 1 is 1.30 bits per heavy atom. The van der Waals surface area contributed by atoms with Crippen molar-refractivity contribution in [1.82, 2.24) is 5.32 Å². The molecule has 1 aliphatic rings. The Labute approximate surface area is 123 Å². The van der Waals surface area contributed by atoms with Crippen LogP contribution in [0.1, 0.15) is 46.1 Å². The van der Waals surface area contributed by atoms with E-state index in [0.717, 1.165) is 31.4 Å². The molecule has 0 spiro atoms. The summed E-state index contributed by atoms with van der Waals surface area (Å²) in [6.45, 7) is 11.9. The van der Waals surface area contributed by atoms with Crippen LogP contribution >= 0.6 is 0 Å². The molecular weight excluding hydrogens is 246 g/mol. The minimum absolute atomic E-state index is 0.367. The highest BCUT2D eigenvalue weighted by Crippen LogP contribution is 2.53. The molecule has 2 unspecified atom stereocenters. The Bertz CT molecular complexity index is 412. The first-order valence-corrected chi connectivity index (χ1v) is 8.02. The van der Waals surface area contributed by atoms with Crippen LogP contribution in [0.3, 0.4) is 0 Å². The first-order chi connectivity index (χ1) is 9.58. The van der Waals surface area contributed by atoms with Gasteiger partial charge in [-0.1, -0.05) is 39.8 Å². The molecule has 112 valence electrons. The number of hydrogen-bond acceptors (Lipinski definition) is 2. The van der Waals surface area contributed by atoms with Gasteiger partial charge in [-0.25, -0.2) is 0 Å². The lowest BCUT2D eigenvalue weighted by Gasteiger charge is -2.19. The third kappa shape index (κ3) is 3.54. The second-order valence-corrected chi connectivity index (χ2v) is 6.67. The van der Waals surface area contributed by atoms with Gasteiger partial charge in [-0.3, -0.25) is 0 Å². The minimum Gasteiger partial charge on any atom is -0.493 e. The number of benzene rings is 1. The Hall–Kier alpha value is -1.02. The zero-order valence-electron chi connectivity index (χ0n) is 13.4. The van der Waals surface area contributed by atoms with Crippen molar-refractivity contribution >= 4 is 0 Å². The van der Waals surface area contributed by atoms with Gasteiger partial charge in [0.05, 0.1) is 6.61 Å². The maximum atomic E-state index is 5.77. The van der Waals surface area contributed by atoms with Crippen LogP contribution in [0.5, 0.6) is 5.75 Å². The zero-order chi connectivity index (χ0) is 14.6. The molecule has 1 aromatic rings. The maximum Gasteiger partial charge on any atom is 0.119 e. The number of ether oxygens (including phenoxy) is 1. The molecule has 0 bridgehead atoms. The van der Waals surface area contributed by atoms with Gasteiger partial charge in [0, 0.05) is 12.0 Å². The molecule has 0 aromatic heterocycles. The molecule has 1 aliphatic carbocycles. The molecule has 0 saturated heterocycles. The standard InChI is InChI=1S/C18H29NO/c1-5-10-19-13-18(11-15(18)4)16-6-8-17(9-7-16)20-12-14(2)3/h6-9,14-15,19H,5,10-13H2,1-4H3. The Kier molecular flexibility index (Phi) is 5.09. The van der Waals surface area contributed by atoms with E-state index in [2.05, 4.69) is 57.3 Å². The topological polar surface area (TPSA) is 21.3 Å². The van der Waals surface area contributed by atoms with Crippen LogP contribution in [-0.4, -0.2) is 19.7 Å². The summed E-state index contributed by atoms with van der Waals surface area (Å²) in [5.74, 6) is 2.35. The van der Waals surface area contributed by atoms with E-state index in [-0.39, 0.29) is 0 Å². The van der Waals surface area contributed by atoms with Crippen LogP contribution in [0.25, 0.3) is 0 Å². The van der Waals surface area contributed by atoms with E-state index < -0.39 is 0 Å². The van der Waals surface area contributed by atoms with E-state index in [1.165, 1.54) is 18.4 Å². The van der Waals surface area contributed by atoms with E-state index in [1.54, 1.807) is 0 Å². The summed E-state index contributed by atoms with van der Waals surface area (Å²) in [5.41, 5.74) is 1.83. The average Bonchev–Trinajstić information content (AvgIpc) is 3.09. The predicted molar refractivity (Wildman–Crippen MR) is 85.4 cm³/mol. The van der Waals surface area contributed by atoms with Crippen LogP contribution in [-0.2, 0) is 5.41 Å². The van der Waals surface area contributed by atoms with E-state index >= 15 is 0 Å². The van der Waals surface area contributed by atoms with E-state index in [0.29, 0.717) is 11.3 Å². The molecule has 1 fully saturated rings. The first kappa shape index (κ1) is 15.4. The summed E-state index contributed by atoms with van der Waals surface area (Å²) in [4.78, 5) is 0. The third-order valence-electron chi connectivity index (χ3n) is 4.33. The van der Waals surface area contributed by atoms with Gasteiger partial charge in [0.15, 0.2) is 0 Å². The van der Waals surface area contributed by atoms with Crippen LogP contribution in [0, 0.1) is 11.8 Å². The number of hydrogen-bond donors (Lipinski definition) is 1. The van der Waals surface area contributed by atoms with Gasteiger partial charge in [-0.15, -0.1) is 0 Å². The summed E-state index contributed by atoms with van der Waals surface area (Å²) in [7, 11) is 0. The van der Waals surface area contributed by atoms with Gasteiger partial charge in [0.25, 0.3) is 0 Å². The van der Waals surface area contributed by atoms with Crippen LogP contribution in [0.2, 0.25) is 0 Å². The normalized spacial score (nSPS) is 24.9. The molecule has 1 aromatic carbocycles. The highest BCUT2D eigenvalue weighted by atomic mass is 16.5. The molecule has 1 N–H and O–H groups in total. The van der Waals surface area contributed by atoms with Gasteiger partial charge in [-0.2, -0.15) is 0 Å². The van der Waals surface area contributed by atoms with Crippen LogP contribution in [0.15, 0.2) is 24.3 Å². The molecule has 0 aliphatic heterocycles. The summed E-state index contributed by atoms with van der Waals surface area (Å²) in [6, 6.07) is 8.77. The van der Waals surface area contributed by atoms with Crippen molar-refractivity contribution in [2.24, 2.45) is 11.8 Å². The lowest BCUT2D eigenvalue weighted by Crippen LogP contribution is -2.28. The fourth-order valence-electron chi connectivity index (χ4n) is 2.87. The van der Waals surface area contributed by atoms with Gasteiger partial charge >= 0.3 is 0 Å². The summed E-state index contributed by atoms with van der Waals surface area (Å²) in [6.07, 6.45) is 2.50. The maximum absolute atomic E-state index is 5.77. The van der Waals surface area contributed by atoms with Crippen molar-refractivity contribution in [2.45, 2.75) is 46.0 Å². The summed E-state index contributed by atoms with van der Waals surface area (Å²) >= 11 is 0. The van der Waals surface area contributed by atoms with E-state index in [9.17, 15) is 0 Å². The van der Waals surface area contributed by atoms with Gasteiger partial charge < -0.3 is 10.1 Å². The fraction of sp³-hybridized carbons (Fsp3) is 0.667. The predicted octanol–water partition coefficient (Wildman–Crippen LogP) is 4.00. The van der Waals surface area contributed by atoms with Crippen LogP contribution < -0.4 is 10.1 Å². The molecule has 2 rings (SSSR count). The van der Waals surface area contributed by atoms with Crippen molar-refractivity contribution in [1.29, 1.82) is 0 Å². The van der Waals surface area contributed by atoms with Crippen molar-refractivity contribution in [3.8, 4) is 5.75 Å². The highest BCUT2D eigenvalue weighted by Gasteiger charge is 2.51. The number of nitrogens with one attached hydrogen (secondary N) is 1. The smallest absolute Gasteiger partial charge is 0.119 e. The second-order valence-electron chi connectivity index (χ2n) is 6.67. The van der Waals surface area contributed by atoms with Gasteiger partial charge in [0.1, 0.15) is 5.75 Å².